The van der Waals surface area contributed by atoms with Gasteiger partial charge in [-0.05, 0) is 64.2 Å². The Labute approximate surface area is 505 Å². The number of carbonyl (C=O) groups is 2. The van der Waals surface area contributed by atoms with Crippen molar-refractivity contribution in [3.05, 3.63) is 72.9 Å². The molecule has 0 aliphatic carbocycles. The number of carbonyl (C=O) groups excluding carboxylic acids is 2. The maximum atomic E-state index is 12.4. The fraction of sp³-hybridized carbons (Fsp3) is 0.816. The van der Waals surface area contributed by atoms with Gasteiger partial charge in [0, 0.05) is 12.8 Å². The summed E-state index contributed by atoms with van der Waals surface area (Å²) < 4.78 is 10.8. The van der Waals surface area contributed by atoms with Crippen LogP contribution in [-0.4, -0.2) is 36.4 Å². The molecule has 81 heavy (non-hydrogen) atoms. The zero-order chi connectivity index (χ0) is 58.4. The summed E-state index contributed by atoms with van der Waals surface area (Å²) in [6.45, 7) is 4.08. The molecule has 0 spiro atoms. The second kappa shape index (κ2) is 71.6. The lowest BCUT2D eigenvalue weighted by atomic mass is 10.0. The SMILES string of the molecule is CC/C=C\C/C=C\C/C=C\C/C=C\C/C=C\C/C=C\CCCCCCCCCCCCCCCCCCC(=O)OC(CO)COC(=O)CCCCCCCCCCCCCCCCCCCCCCCCCCCCCCCCCC. The van der Waals surface area contributed by atoms with E-state index in [1.807, 2.05) is 0 Å². The lowest BCUT2D eigenvalue weighted by Gasteiger charge is -2.15. The van der Waals surface area contributed by atoms with Crippen molar-refractivity contribution in [3.8, 4) is 0 Å². The summed E-state index contributed by atoms with van der Waals surface area (Å²) in [6.07, 6.45) is 99.5. The summed E-state index contributed by atoms with van der Waals surface area (Å²) in [6, 6.07) is 0. The van der Waals surface area contributed by atoms with Gasteiger partial charge in [-0.1, -0.05) is 376 Å². The molecule has 0 heterocycles. The van der Waals surface area contributed by atoms with Crippen LogP contribution in [0.4, 0.5) is 0 Å². The summed E-state index contributed by atoms with van der Waals surface area (Å²) in [7, 11) is 0. The molecule has 0 aromatic carbocycles. The first-order valence-corrected chi connectivity index (χ1v) is 36.0. The molecule has 0 aliphatic rings. The highest BCUT2D eigenvalue weighted by molar-refractivity contribution is 5.70. The van der Waals surface area contributed by atoms with Gasteiger partial charge in [0.15, 0.2) is 6.10 Å². The van der Waals surface area contributed by atoms with Gasteiger partial charge >= 0.3 is 11.9 Å². The molecule has 0 rings (SSSR count). The van der Waals surface area contributed by atoms with Crippen LogP contribution in [0.2, 0.25) is 0 Å². The summed E-state index contributed by atoms with van der Waals surface area (Å²) >= 11 is 0. The zero-order valence-corrected chi connectivity index (χ0v) is 54.3. The Morgan fingerprint density at radius 1 is 0.296 bits per heavy atom. The molecule has 1 atom stereocenters. The van der Waals surface area contributed by atoms with Gasteiger partial charge in [-0.25, -0.2) is 0 Å². The Hall–Kier alpha value is -2.66. The van der Waals surface area contributed by atoms with Crippen molar-refractivity contribution in [2.24, 2.45) is 0 Å². The molecule has 0 aromatic heterocycles. The molecule has 0 radical (unpaired) electrons. The number of hydrogen-bond donors (Lipinski definition) is 1. The van der Waals surface area contributed by atoms with Crippen molar-refractivity contribution < 1.29 is 24.2 Å². The molecule has 1 unspecified atom stereocenters. The highest BCUT2D eigenvalue weighted by atomic mass is 16.6. The minimum atomic E-state index is -0.773. The first kappa shape index (κ1) is 78.3. The normalized spacial score (nSPS) is 12.6. The van der Waals surface area contributed by atoms with Crippen molar-refractivity contribution in [2.45, 2.75) is 386 Å². The van der Waals surface area contributed by atoms with Gasteiger partial charge in [-0.2, -0.15) is 0 Å². The first-order valence-electron chi connectivity index (χ1n) is 36.0. The van der Waals surface area contributed by atoms with Crippen LogP contribution >= 0.6 is 0 Å². The van der Waals surface area contributed by atoms with Gasteiger partial charge in [0.1, 0.15) is 6.61 Å². The van der Waals surface area contributed by atoms with E-state index in [0.717, 1.165) is 70.6 Å². The summed E-state index contributed by atoms with van der Waals surface area (Å²) in [4.78, 5) is 24.7. The van der Waals surface area contributed by atoms with Crippen molar-refractivity contribution in [1.29, 1.82) is 0 Å². The highest BCUT2D eigenvalue weighted by Gasteiger charge is 2.16. The quantitative estimate of drug-likeness (QED) is 0.0373. The fourth-order valence-electron chi connectivity index (χ4n) is 10.9. The number of esters is 2. The van der Waals surface area contributed by atoms with Crippen molar-refractivity contribution in [1.82, 2.24) is 0 Å². The van der Waals surface area contributed by atoms with Gasteiger partial charge in [0.05, 0.1) is 6.61 Å². The van der Waals surface area contributed by atoms with Gasteiger partial charge in [0.25, 0.3) is 0 Å². The Balaban J connectivity index is 3.41. The molecule has 0 aromatic rings. The molecule has 0 bridgehead atoms. The molecule has 5 nitrogen and oxygen atoms in total. The van der Waals surface area contributed by atoms with E-state index in [1.165, 1.54) is 283 Å². The van der Waals surface area contributed by atoms with Crippen LogP contribution in [0.15, 0.2) is 72.9 Å². The molecule has 5 heteroatoms. The van der Waals surface area contributed by atoms with Gasteiger partial charge in [-0.3, -0.25) is 9.59 Å². The standard InChI is InChI=1S/C76H138O5/c1-3-5-7-9-11-13-15-17-19-21-23-25-27-29-31-33-35-37-38-39-41-43-45-47-49-51-53-55-57-59-61-63-65-67-69-71-76(79)81-74(72-77)73-80-75(78)70-68-66-64-62-60-58-56-54-52-50-48-46-44-42-40-36-34-32-30-28-26-24-22-20-18-16-14-12-10-8-6-4-2/h5,7,11,13,17,19,23,25,29,31,35,37,74,77H,3-4,6,8-10,12,14-16,18,20-22,24,26-28,30,32-34,36,38-73H2,1-2H3/b7-5-,13-11-,19-17-,25-23-,31-29-,37-35-. The molecule has 1 N–H and O–H groups in total. The number of aliphatic hydroxyl groups excluding tert-OH is 1. The minimum absolute atomic E-state index is 0.0620. The molecular formula is C76H138O5. The molecule has 0 saturated carbocycles. The van der Waals surface area contributed by atoms with Crippen LogP contribution in [0.25, 0.3) is 0 Å². The summed E-state index contributed by atoms with van der Waals surface area (Å²) in [5.41, 5.74) is 0. The van der Waals surface area contributed by atoms with Crippen LogP contribution in [0.5, 0.6) is 0 Å². The molecule has 0 amide bonds. The van der Waals surface area contributed by atoms with Crippen molar-refractivity contribution >= 4 is 11.9 Å². The van der Waals surface area contributed by atoms with Crippen LogP contribution in [-0.2, 0) is 19.1 Å². The average Bonchev–Trinajstić information content (AvgIpc) is 3.47. The third kappa shape index (κ3) is 69.7. The zero-order valence-electron chi connectivity index (χ0n) is 54.3. The Morgan fingerprint density at radius 3 is 0.802 bits per heavy atom. The molecule has 0 aliphatic heterocycles. The monoisotopic (exact) mass is 1130 g/mol. The Bertz CT molecular complexity index is 1420. The highest BCUT2D eigenvalue weighted by Crippen LogP contribution is 2.19. The molecule has 0 saturated heterocycles. The van der Waals surface area contributed by atoms with Crippen molar-refractivity contribution in [2.75, 3.05) is 13.2 Å². The van der Waals surface area contributed by atoms with Gasteiger partial charge < -0.3 is 14.6 Å². The van der Waals surface area contributed by atoms with E-state index in [9.17, 15) is 14.7 Å². The second-order valence-electron chi connectivity index (χ2n) is 24.3. The van der Waals surface area contributed by atoms with E-state index >= 15 is 0 Å². The number of aliphatic hydroxyl groups is 1. The fourth-order valence-corrected chi connectivity index (χ4v) is 10.9. The van der Waals surface area contributed by atoms with E-state index < -0.39 is 6.10 Å². The minimum Gasteiger partial charge on any atom is -0.462 e. The van der Waals surface area contributed by atoms with E-state index in [2.05, 4.69) is 86.8 Å². The molecule has 472 valence electrons. The lowest BCUT2D eigenvalue weighted by molar-refractivity contribution is -0.161. The molecular weight excluding hydrogens is 993 g/mol. The number of hydrogen-bond acceptors (Lipinski definition) is 5. The van der Waals surface area contributed by atoms with Crippen molar-refractivity contribution in [3.63, 3.8) is 0 Å². The van der Waals surface area contributed by atoms with Crippen LogP contribution < -0.4 is 0 Å². The predicted octanol–water partition coefficient (Wildman–Crippen LogP) is 25.0. The smallest absolute Gasteiger partial charge is 0.306 e. The number of unbranched alkanes of at least 4 members (excludes halogenated alkanes) is 47. The average molecular weight is 1130 g/mol. The summed E-state index contributed by atoms with van der Waals surface area (Å²) in [5, 5.41) is 9.71. The van der Waals surface area contributed by atoms with Crippen LogP contribution in [0.3, 0.4) is 0 Å². The first-order chi connectivity index (χ1) is 40.1. The Morgan fingerprint density at radius 2 is 0.531 bits per heavy atom. The van der Waals surface area contributed by atoms with Gasteiger partial charge in [-0.15, -0.1) is 0 Å². The Kier molecular flexibility index (Phi) is 69.3. The largest absolute Gasteiger partial charge is 0.462 e. The number of allylic oxidation sites excluding steroid dienone is 12. The third-order valence-corrected chi connectivity index (χ3v) is 16.3. The number of rotatable bonds is 67. The van der Waals surface area contributed by atoms with Crippen LogP contribution in [0.1, 0.15) is 380 Å². The summed E-state index contributed by atoms with van der Waals surface area (Å²) in [5.74, 6) is -0.571. The van der Waals surface area contributed by atoms with E-state index in [-0.39, 0.29) is 25.2 Å². The molecule has 0 fully saturated rings. The predicted molar refractivity (Wildman–Crippen MR) is 357 cm³/mol. The van der Waals surface area contributed by atoms with Crippen LogP contribution in [0, 0.1) is 0 Å². The second-order valence-corrected chi connectivity index (χ2v) is 24.3. The van der Waals surface area contributed by atoms with E-state index in [4.69, 9.17) is 9.47 Å². The maximum Gasteiger partial charge on any atom is 0.306 e. The lowest BCUT2D eigenvalue weighted by Crippen LogP contribution is -2.28. The van der Waals surface area contributed by atoms with E-state index in [1.54, 1.807) is 0 Å². The van der Waals surface area contributed by atoms with E-state index in [0.29, 0.717) is 12.8 Å². The maximum absolute atomic E-state index is 12.4. The third-order valence-electron chi connectivity index (χ3n) is 16.3. The number of ether oxygens (including phenoxy) is 2. The van der Waals surface area contributed by atoms with Gasteiger partial charge in [0.2, 0.25) is 0 Å². The topological polar surface area (TPSA) is 72.8 Å².